The van der Waals surface area contributed by atoms with Gasteiger partial charge < -0.3 is 0 Å². The fourth-order valence-electron chi connectivity index (χ4n) is 1.97. The maximum Gasteiger partial charge on any atom is 0.173 e. The predicted octanol–water partition coefficient (Wildman–Crippen LogP) is 6.04. The summed E-state index contributed by atoms with van der Waals surface area (Å²) in [5, 5.41) is 3.95. The topological polar surface area (TPSA) is 25.8 Å². The van der Waals surface area contributed by atoms with E-state index in [1.807, 2.05) is 31.4 Å². The number of halogens is 3. The van der Waals surface area contributed by atoms with Crippen LogP contribution in [0.4, 0.5) is 0 Å². The second-order valence-electron chi connectivity index (χ2n) is 4.49. The molecule has 2 aromatic heterocycles. The molecule has 2 heterocycles. The van der Waals surface area contributed by atoms with Crippen LogP contribution < -0.4 is 0 Å². The molecule has 0 spiro atoms. The molecule has 0 fully saturated rings. The van der Waals surface area contributed by atoms with Crippen molar-refractivity contribution in [2.75, 3.05) is 0 Å². The third-order valence-corrected chi connectivity index (χ3v) is 5.69. The van der Waals surface area contributed by atoms with Crippen molar-refractivity contribution in [3.63, 3.8) is 0 Å². The van der Waals surface area contributed by atoms with Gasteiger partial charge in [-0.2, -0.15) is 0 Å². The monoisotopic (exact) mass is 386 g/mol. The van der Waals surface area contributed by atoms with Gasteiger partial charge >= 0.3 is 0 Å². The Kier molecular flexibility index (Phi) is 3.75. The highest BCUT2D eigenvalue weighted by Gasteiger charge is 2.16. The van der Waals surface area contributed by atoms with E-state index < -0.39 is 0 Å². The second kappa shape index (κ2) is 5.26. The van der Waals surface area contributed by atoms with Gasteiger partial charge in [-0.15, -0.1) is 11.3 Å². The van der Waals surface area contributed by atoms with Gasteiger partial charge in [0.05, 0.1) is 20.8 Å². The molecular formula is C14H9BrCl2N2S. The first-order chi connectivity index (χ1) is 9.49. The predicted molar refractivity (Wildman–Crippen MR) is 90.0 cm³/mol. The quantitative estimate of drug-likeness (QED) is 0.475. The summed E-state index contributed by atoms with van der Waals surface area (Å²) >= 11 is 17.6. The van der Waals surface area contributed by atoms with Crippen molar-refractivity contribution in [2.24, 2.45) is 0 Å². The van der Waals surface area contributed by atoms with E-state index in [4.69, 9.17) is 23.2 Å². The first kappa shape index (κ1) is 14.3. The Labute approximate surface area is 138 Å². The summed E-state index contributed by atoms with van der Waals surface area (Å²) in [6.45, 7) is 3.97. The average Bonchev–Trinajstić information content (AvgIpc) is 2.74. The molecule has 0 unspecified atom stereocenters. The van der Waals surface area contributed by atoms with Crippen LogP contribution in [-0.2, 0) is 0 Å². The number of benzene rings is 1. The Morgan fingerprint density at radius 3 is 2.50 bits per heavy atom. The molecule has 0 aliphatic rings. The van der Waals surface area contributed by atoms with Crippen LogP contribution in [0.15, 0.2) is 22.0 Å². The van der Waals surface area contributed by atoms with Crippen LogP contribution in [0.3, 0.4) is 0 Å². The lowest BCUT2D eigenvalue weighted by atomic mass is 10.1. The summed E-state index contributed by atoms with van der Waals surface area (Å²) in [5.41, 5.74) is 2.92. The molecule has 3 aromatic rings. The molecule has 0 radical (unpaired) electrons. The van der Waals surface area contributed by atoms with Crippen LogP contribution in [-0.4, -0.2) is 9.97 Å². The SMILES string of the molecule is Cc1csc(-c2nc(Cl)c3c(Br)ccc(C)c3n2)c1Cl. The van der Waals surface area contributed by atoms with E-state index in [9.17, 15) is 0 Å². The van der Waals surface area contributed by atoms with Crippen LogP contribution in [0, 0.1) is 13.8 Å². The molecule has 0 saturated carbocycles. The summed E-state index contributed by atoms with van der Waals surface area (Å²) in [4.78, 5) is 9.89. The molecule has 1 aromatic carbocycles. The molecule has 2 nitrogen and oxygen atoms in total. The lowest BCUT2D eigenvalue weighted by molar-refractivity contribution is 1.22. The Morgan fingerprint density at radius 2 is 1.85 bits per heavy atom. The summed E-state index contributed by atoms with van der Waals surface area (Å²) in [6, 6.07) is 3.95. The summed E-state index contributed by atoms with van der Waals surface area (Å²) in [5.74, 6) is 0.576. The molecule has 3 rings (SSSR count). The van der Waals surface area contributed by atoms with Crippen molar-refractivity contribution in [1.82, 2.24) is 9.97 Å². The zero-order chi connectivity index (χ0) is 14.4. The molecule has 0 bridgehead atoms. The highest BCUT2D eigenvalue weighted by molar-refractivity contribution is 9.10. The van der Waals surface area contributed by atoms with Gasteiger partial charge in [0.15, 0.2) is 5.82 Å². The van der Waals surface area contributed by atoms with Gasteiger partial charge in [-0.05, 0) is 52.4 Å². The first-order valence-electron chi connectivity index (χ1n) is 5.85. The molecule has 0 aliphatic heterocycles. The van der Waals surface area contributed by atoms with Crippen LogP contribution in [0.25, 0.3) is 21.6 Å². The molecule has 0 amide bonds. The van der Waals surface area contributed by atoms with Gasteiger partial charge in [0.25, 0.3) is 0 Å². The number of aryl methyl sites for hydroxylation is 2. The number of hydrogen-bond acceptors (Lipinski definition) is 3. The minimum absolute atomic E-state index is 0.433. The zero-order valence-corrected chi connectivity index (χ0v) is 14.6. The van der Waals surface area contributed by atoms with E-state index in [2.05, 4.69) is 25.9 Å². The van der Waals surface area contributed by atoms with Crippen molar-refractivity contribution in [3.8, 4) is 10.7 Å². The van der Waals surface area contributed by atoms with Gasteiger partial charge in [-0.1, -0.05) is 29.3 Å². The lowest BCUT2D eigenvalue weighted by Gasteiger charge is -2.07. The fourth-order valence-corrected chi connectivity index (χ4v) is 4.08. The Morgan fingerprint density at radius 1 is 1.10 bits per heavy atom. The van der Waals surface area contributed by atoms with Gasteiger partial charge in [0.1, 0.15) is 5.15 Å². The second-order valence-corrected chi connectivity index (χ2v) is 6.96. The van der Waals surface area contributed by atoms with Crippen molar-refractivity contribution in [1.29, 1.82) is 0 Å². The molecule has 0 aliphatic carbocycles. The average molecular weight is 388 g/mol. The molecule has 6 heteroatoms. The number of aromatic nitrogens is 2. The number of nitrogens with zero attached hydrogens (tertiary/aromatic N) is 2. The number of hydrogen-bond donors (Lipinski definition) is 0. The van der Waals surface area contributed by atoms with Crippen molar-refractivity contribution in [2.45, 2.75) is 13.8 Å². The van der Waals surface area contributed by atoms with Crippen LogP contribution in [0.2, 0.25) is 10.2 Å². The van der Waals surface area contributed by atoms with E-state index in [1.165, 1.54) is 11.3 Å². The van der Waals surface area contributed by atoms with Gasteiger partial charge in [-0.25, -0.2) is 9.97 Å². The minimum Gasteiger partial charge on any atom is -0.227 e. The maximum absolute atomic E-state index is 6.33. The molecule has 102 valence electrons. The van der Waals surface area contributed by atoms with E-state index >= 15 is 0 Å². The van der Waals surface area contributed by atoms with Crippen molar-refractivity contribution < 1.29 is 0 Å². The van der Waals surface area contributed by atoms with E-state index in [-0.39, 0.29) is 0 Å². The van der Waals surface area contributed by atoms with Crippen molar-refractivity contribution in [3.05, 3.63) is 43.3 Å². The number of thiophene rings is 1. The van der Waals surface area contributed by atoms with Gasteiger partial charge in [0, 0.05) is 4.47 Å². The highest BCUT2D eigenvalue weighted by Crippen LogP contribution is 2.38. The molecule has 0 atom stereocenters. The summed E-state index contributed by atoms with van der Waals surface area (Å²) in [7, 11) is 0. The highest BCUT2D eigenvalue weighted by atomic mass is 79.9. The molecule has 0 N–H and O–H groups in total. The fraction of sp³-hybridized carbons (Fsp3) is 0.143. The number of fused-ring (bicyclic) bond motifs is 1. The third-order valence-electron chi connectivity index (χ3n) is 3.06. The standard InChI is InChI=1S/C14H9BrCl2N2S/c1-6-3-4-8(15)9-11(6)18-14(19-13(9)17)12-10(16)7(2)5-20-12/h3-5H,1-2H3. The molecule has 20 heavy (non-hydrogen) atoms. The Hall–Kier alpha value is -0.680. The smallest absolute Gasteiger partial charge is 0.173 e. The lowest BCUT2D eigenvalue weighted by Crippen LogP contribution is -1.93. The summed E-state index contributed by atoms with van der Waals surface area (Å²) in [6.07, 6.45) is 0. The normalized spacial score (nSPS) is 11.2. The van der Waals surface area contributed by atoms with Crippen LogP contribution in [0.1, 0.15) is 11.1 Å². The van der Waals surface area contributed by atoms with E-state index in [0.29, 0.717) is 16.0 Å². The van der Waals surface area contributed by atoms with Crippen molar-refractivity contribution >= 4 is 61.4 Å². The maximum atomic E-state index is 6.33. The summed E-state index contributed by atoms with van der Waals surface area (Å²) < 4.78 is 0.892. The van der Waals surface area contributed by atoms with Crippen LogP contribution >= 0.6 is 50.5 Å². The third kappa shape index (κ3) is 2.25. The minimum atomic E-state index is 0.433. The Bertz CT molecular complexity index is 830. The first-order valence-corrected chi connectivity index (χ1v) is 8.28. The largest absolute Gasteiger partial charge is 0.227 e. The van der Waals surface area contributed by atoms with E-state index in [0.717, 1.165) is 31.4 Å². The number of rotatable bonds is 1. The van der Waals surface area contributed by atoms with E-state index in [1.54, 1.807) is 0 Å². The molecular weight excluding hydrogens is 379 g/mol. The Balaban J connectivity index is 2.35. The van der Waals surface area contributed by atoms with Gasteiger partial charge in [-0.3, -0.25) is 0 Å². The molecule has 0 saturated heterocycles. The zero-order valence-electron chi connectivity index (χ0n) is 10.7. The van der Waals surface area contributed by atoms with Gasteiger partial charge in [0.2, 0.25) is 0 Å². The van der Waals surface area contributed by atoms with Crippen LogP contribution in [0.5, 0.6) is 0 Å².